The Bertz CT molecular complexity index is 1020. The molecule has 1 aliphatic carbocycles. The van der Waals surface area contributed by atoms with Gasteiger partial charge < -0.3 is 5.32 Å². The van der Waals surface area contributed by atoms with Gasteiger partial charge in [0.15, 0.2) is 0 Å². The topological polar surface area (TPSA) is 59.8 Å². The number of hydrogen-bond donors (Lipinski definition) is 1. The molecule has 0 spiro atoms. The second-order valence-electron chi connectivity index (χ2n) is 8.92. The Kier molecular flexibility index (Phi) is 4.77. The number of carbonyl (C=O) groups excluding carboxylic acids is 1. The predicted molar refractivity (Wildman–Crippen MR) is 114 cm³/mol. The fourth-order valence-electron chi connectivity index (χ4n) is 3.79. The number of benzene rings is 1. The van der Waals surface area contributed by atoms with Gasteiger partial charge in [-0.25, -0.2) is 9.97 Å². The zero-order chi connectivity index (χ0) is 20.6. The summed E-state index contributed by atoms with van der Waals surface area (Å²) in [6, 6.07) is 12.5. The van der Waals surface area contributed by atoms with E-state index in [2.05, 4.69) is 60.3 Å². The van der Waals surface area contributed by atoms with Crippen molar-refractivity contribution in [3.8, 4) is 5.82 Å². The minimum Gasteiger partial charge on any atom is -0.351 e. The van der Waals surface area contributed by atoms with Gasteiger partial charge in [-0.3, -0.25) is 9.36 Å². The highest BCUT2D eigenvalue weighted by Gasteiger charge is 2.51. The van der Waals surface area contributed by atoms with Gasteiger partial charge in [0, 0.05) is 30.7 Å². The highest BCUT2D eigenvalue weighted by molar-refractivity contribution is 5.91. The first-order chi connectivity index (χ1) is 13.8. The summed E-state index contributed by atoms with van der Waals surface area (Å²) in [5, 5.41) is 3.15. The SMILES string of the molecule is Cc1nccn1-c1ncccc1CNC(=O)C1(c2ccc(C(C)(C)C)cc2)CC1. The lowest BCUT2D eigenvalue weighted by atomic mass is 9.85. The molecule has 1 aliphatic rings. The van der Waals surface area contributed by atoms with E-state index in [1.165, 1.54) is 5.56 Å². The summed E-state index contributed by atoms with van der Waals surface area (Å²) in [6.45, 7) is 9.00. The van der Waals surface area contributed by atoms with Crippen molar-refractivity contribution < 1.29 is 4.79 Å². The highest BCUT2D eigenvalue weighted by atomic mass is 16.2. The Labute approximate surface area is 172 Å². The molecular formula is C24H28N4O. The normalized spacial score (nSPS) is 15.2. The number of nitrogens with one attached hydrogen (secondary N) is 1. The van der Waals surface area contributed by atoms with E-state index in [1.54, 1.807) is 12.4 Å². The average Bonchev–Trinajstić information content (AvgIpc) is 3.41. The van der Waals surface area contributed by atoms with Crippen LogP contribution in [0.15, 0.2) is 55.0 Å². The fourth-order valence-corrected chi connectivity index (χ4v) is 3.79. The number of aryl methyl sites for hydroxylation is 1. The molecule has 1 saturated carbocycles. The summed E-state index contributed by atoms with van der Waals surface area (Å²) in [5.41, 5.74) is 3.09. The number of pyridine rings is 1. The fraction of sp³-hybridized carbons (Fsp3) is 0.375. The first-order valence-electron chi connectivity index (χ1n) is 10.1. The molecule has 0 radical (unpaired) electrons. The summed E-state index contributed by atoms with van der Waals surface area (Å²) in [6.07, 6.45) is 7.21. The van der Waals surface area contributed by atoms with Gasteiger partial charge in [-0.15, -0.1) is 0 Å². The molecule has 0 bridgehead atoms. The molecule has 1 N–H and O–H groups in total. The third kappa shape index (κ3) is 3.69. The van der Waals surface area contributed by atoms with E-state index in [0.717, 1.165) is 35.6 Å². The Morgan fingerprint density at radius 1 is 1.10 bits per heavy atom. The van der Waals surface area contributed by atoms with Crippen LogP contribution in [0.4, 0.5) is 0 Å². The lowest BCUT2D eigenvalue weighted by molar-refractivity contribution is -0.123. The van der Waals surface area contributed by atoms with E-state index >= 15 is 0 Å². The molecule has 0 aliphatic heterocycles. The van der Waals surface area contributed by atoms with E-state index in [4.69, 9.17) is 0 Å². The van der Waals surface area contributed by atoms with Gasteiger partial charge in [-0.05, 0) is 42.4 Å². The van der Waals surface area contributed by atoms with Crippen molar-refractivity contribution in [2.75, 3.05) is 0 Å². The number of hydrogen-bond acceptors (Lipinski definition) is 3. The minimum absolute atomic E-state index is 0.0955. The number of imidazole rings is 1. The molecule has 150 valence electrons. The molecule has 0 unspecified atom stereocenters. The van der Waals surface area contributed by atoms with Crippen LogP contribution in [0.5, 0.6) is 0 Å². The molecule has 29 heavy (non-hydrogen) atoms. The second-order valence-corrected chi connectivity index (χ2v) is 8.92. The van der Waals surface area contributed by atoms with E-state index in [-0.39, 0.29) is 16.7 Å². The number of nitrogens with zero attached hydrogens (tertiary/aromatic N) is 3. The molecule has 5 heteroatoms. The lowest BCUT2D eigenvalue weighted by Gasteiger charge is -2.21. The van der Waals surface area contributed by atoms with Crippen LogP contribution in [-0.2, 0) is 22.2 Å². The summed E-state index contributed by atoms with van der Waals surface area (Å²) >= 11 is 0. The molecule has 3 aromatic rings. The summed E-state index contributed by atoms with van der Waals surface area (Å²) < 4.78 is 1.94. The molecule has 4 rings (SSSR count). The van der Waals surface area contributed by atoms with E-state index in [1.807, 2.05) is 29.8 Å². The highest BCUT2D eigenvalue weighted by Crippen LogP contribution is 2.48. The molecule has 1 fully saturated rings. The second kappa shape index (κ2) is 7.14. The van der Waals surface area contributed by atoms with E-state index in [0.29, 0.717) is 6.54 Å². The number of rotatable bonds is 5. The Morgan fingerprint density at radius 2 is 1.83 bits per heavy atom. The molecule has 1 amide bonds. The maximum Gasteiger partial charge on any atom is 0.230 e. The minimum atomic E-state index is -0.385. The Balaban J connectivity index is 1.50. The molecule has 0 saturated heterocycles. The van der Waals surface area contributed by atoms with Crippen molar-refractivity contribution >= 4 is 5.91 Å². The maximum absolute atomic E-state index is 13.1. The molecule has 2 aromatic heterocycles. The third-order valence-corrected chi connectivity index (χ3v) is 5.85. The van der Waals surface area contributed by atoms with Crippen LogP contribution in [0.25, 0.3) is 5.82 Å². The molecule has 2 heterocycles. The van der Waals surface area contributed by atoms with Crippen LogP contribution in [0.1, 0.15) is 56.1 Å². The predicted octanol–water partition coefficient (Wildman–Crippen LogP) is 4.22. The van der Waals surface area contributed by atoms with Gasteiger partial charge in [0.05, 0.1) is 5.41 Å². The third-order valence-electron chi connectivity index (χ3n) is 5.85. The van der Waals surface area contributed by atoms with E-state index in [9.17, 15) is 4.79 Å². The molecular weight excluding hydrogens is 360 g/mol. The van der Waals surface area contributed by atoms with Crippen LogP contribution in [0.3, 0.4) is 0 Å². The van der Waals surface area contributed by atoms with Crippen LogP contribution < -0.4 is 5.32 Å². The summed E-state index contributed by atoms with van der Waals surface area (Å²) in [5.74, 6) is 1.77. The van der Waals surface area contributed by atoms with Crippen LogP contribution in [0.2, 0.25) is 0 Å². The van der Waals surface area contributed by atoms with Crippen LogP contribution in [0, 0.1) is 6.92 Å². The van der Waals surface area contributed by atoms with Gasteiger partial charge >= 0.3 is 0 Å². The van der Waals surface area contributed by atoms with Crippen molar-refractivity contribution in [1.29, 1.82) is 0 Å². The molecule has 0 atom stereocenters. The lowest BCUT2D eigenvalue weighted by Crippen LogP contribution is -2.34. The average molecular weight is 389 g/mol. The smallest absolute Gasteiger partial charge is 0.230 e. The van der Waals surface area contributed by atoms with Gasteiger partial charge in [0.25, 0.3) is 0 Å². The number of aromatic nitrogens is 3. The summed E-state index contributed by atoms with van der Waals surface area (Å²) in [7, 11) is 0. The van der Waals surface area contributed by atoms with Crippen molar-refractivity contribution in [2.45, 2.75) is 57.9 Å². The number of amides is 1. The van der Waals surface area contributed by atoms with Crippen molar-refractivity contribution in [3.63, 3.8) is 0 Å². The molecule has 1 aromatic carbocycles. The van der Waals surface area contributed by atoms with Crippen molar-refractivity contribution in [1.82, 2.24) is 19.9 Å². The Hall–Kier alpha value is -2.95. The number of carbonyl (C=O) groups is 1. The van der Waals surface area contributed by atoms with Gasteiger partial charge in [-0.1, -0.05) is 51.1 Å². The first kappa shape index (κ1) is 19.4. The first-order valence-corrected chi connectivity index (χ1v) is 10.1. The summed E-state index contributed by atoms with van der Waals surface area (Å²) in [4.78, 5) is 21.9. The van der Waals surface area contributed by atoms with E-state index < -0.39 is 0 Å². The maximum atomic E-state index is 13.1. The zero-order valence-corrected chi connectivity index (χ0v) is 17.6. The standard InChI is InChI=1S/C24H28N4O/c1-17-25-14-15-28(17)21-18(6-5-13-26-21)16-27-22(29)24(11-12-24)20-9-7-19(8-10-20)23(2,3)4/h5-10,13-15H,11-12,16H2,1-4H3,(H,27,29). The van der Waals surface area contributed by atoms with Gasteiger partial charge in [0.2, 0.25) is 5.91 Å². The Morgan fingerprint density at radius 3 is 2.41 bits per heavy atom. The van der Waals surface area contributed by atoms with Crippen LogP contribution >= 0.6 is 0 Å². The monoisotopic (exact) mass is 388 g/mol. The quantitative estimate of drug-likeness (QED) is 0.712. The van der Waals surface area contributed by atoms with Crippen LogP contribution in [-0.4, -0.2) is 20.4 Å². The van der Waals surface area contributed by atoms with Gasteiger partial charge in [0.1, 0.15) is 11.6 Å². The largest absolute Gasteiger partial charge is 0.351 e. The van der Waals surface area contributed by atoms with Gasteiger partial charge in [-0.2, -0.15) is 0 Å². The molecule has 5 nitrogen and oxygen atoms in total. The van der Waals surface area contributed by atoms with Crippen molar-refractivity contribution in [2.24, 2.45) is 0 Å². The zero-order valence-electron chi connectivity index (χ0n) is 17.6. The van der Waals surface area contributed by atoms with Crippen molar-refractivity contribution in [3.05, 3.63) is 77.5 Å².